The molecule has 7 heteroatoms. The van der Waals surface area contributed by atoms with Crippen LogP contribution in [-0.4, -0.2) is 62.8 Å². The van der Waals surface area contributed by atoms with Gasteiger partial charge in [0.15, 0.2) is 0 Å². The molecule has 0 saturated carbocycles. The molecule has 0 unspecified atom stereocenters. The largest absolute Gasteiger partial charge is 0.462 e. The van der Waals surface area contributed by atoms with Crippen molar-refractivity contribution in [3.8, 4) is 0 Å². The summed E-state index contributed by atoms with van der Waals surface area (Å²) >= 11 is 0. The lowest BCUT2D eigenvalue weighted by molar-refractivity contribution is -0.154. The summed E-state index contributed by atoms with van der Waals surface area (Å²) in [6, 6.07) is 0. The quantitative estimate of drug-likeness (QED) is 0.0273. The van der Waals surface area contributed by atoms with E-state index in [1.165, 1.54) is 51.4 Å². The topological polar surface area (TPSA) is 82.1 Å². The van der Waals surface area contributed by atoms with Gasteiger partial charge in [0.25, 0.3) is 0 Å². The van der Waals surface area contributed by atoms with Crippen molar-refractivity contribution in [2.45, 2.75) is 208 Å². The number of rotatable bonds is 36. The Bertz CT molecular complexity index is 917. The van der Waals surface area contributed by atoms with E-state index in [0.29, 0.717) is 32.5 Å². The molecule has 0 aromatic carbocycles. The molecule has 0 aliphatic rings. The van der Waals surface area contributed by atoms with E-state index in [0.717, 1.165) is 96.4 Å². The Labute approximate surface area is 327 Å². The van der Waals surface area contributed by atoms with E-state index in [1.54, 1.807) is 0 Å². The molecule has 0 saturated heterocycles. The number of ether oxygens (including phenoxy) is 3. The lowest BCUT2D eigenvalue weighted by Crippen LogP contribution is -2.42. The van der Waals surface area contributed by atoms with Crippen LogP contribution < -0.4 is 0 Å². The van der Waals surface area contributed by atoms with Crippen LogP contribution in [0.5, 0.6) is 0 Å². The molecule has 0 aromatic rings. The van der Waals surface area contributed by atoms with Crippen LogP contribution in [-0.2, 0) is 28.6 Å². The van der Waals surface area contributed by atoms with E-state index in [1.807, 2.05) is 12.2 Å². The highest BCUT2D eigenvalue weighted by atomic mass is 16.5. The number of unbranched alkanes of at least 4 members (excludes halogenated alkanes) is 16. The smallest absolute Gasteiger partial charge is 0.306 e. The first kappa shape index (κ1) is 50.9. The number of hydrogen-bond donors (Lipinski definition) is 0. The van der Waals surface area contributed by atoms with Gasteiger partial charge in [-0.15, -0.1) is 0 Å². The maximum absolute atomic E-state index is 13.3. The van der Waals surface area contributed by atoms with Gasteiger partial charge in [-0.2, -0.15) is 0 Å². The fourth-order valence-electron chi connectivity index (χ4n) is 6.61. The Hall–Kier alpha value is -2.15. The van der Waals surface area contributed by atoms with Crippen molar-refractivity contribution in [2.24, 2.45) is 10.8 Å². The SMILES string of the molecule is CCCCCC/C=C\COC(=O)CCCCCCCC(CCCCCCCC(=O)OC/C=C\CCCCCC)OC(=O)CC(C)(C)C(C)(C)CN(C)C. The molecular formula is C46H85NO6. The van der Waals surface area contributed by atoms with Gasteiger partial charge in [-0.05, 0) is 89.1 Å². The fourth-order valence-corrected chi connectivity index (χ4v) is 6.61. The second-order valence-corrected chi connectivity index (χ2v) is 16.9. The molecule has 7 nitrogen and oxygen atoms in total. The second kappa shape index (κ2) is 33.2. The van der Waals surface area contributed by atoms with Crippen LogP contribution in [0.25, 0.3) is 0 Å². The molecule has 0 fully saturated rings. The van der Waals surface area contributed by atoms with Gasteiger partial charge in [-0.3, -0.25) is 14.4 Å². The summed E-state index contributed by atoms with van der Waals surface area (Å²) in [6.45, 7) is 14.9. The summed E-state index contributed by atoms with van der Waals surface area (Å²) in [5.41, 5.74) is -0.241. The summed E-state index contributed by atoms with van der Waals surface area (Å²) in [6.07, 6.45) is 33.3. The third kappa shape index (κ3) is 30.8. The monoisotopic (exact) mass is 748 g/mol. The predicted octanol–water partition coefficient (Wildman–Crippen LogP) is 12.5. The molecule has 0 amide bonds. The highest BCUT2D eigenvalue weighted by molar-refractivity contribution is 5.70. The first-order valence-electron chi connectivity index (χ1n) is 21.8. The number of hydrogen-bond acceptors (Lipinski definition) is 7. The number of esters is 3. The Morgan fingerprint density at radius 3 is 1.38 bits per heavy atom. The van der Waals surface area contributed by atoms with Gasteiger partial charge < -0.3 is 19.1 Å². The van der Waals surface area contributed by atoms with E-state index >= 15 is 0 Å². The average Bonchev–Trinajstić information content (AvgIpc) is 3.08. The number of allylic oxidation sites excluding steroid dienone is 2. The molecule has 0 aromatic heterocycles. The van der Waals surface area contributed by atoms with E-state index in [2.05, 4.69) is 72.7 Å². The van der Waals surface area contributed by atoms with Crippen LogP contribution in [0.4, 0.5) is 0 Å². The summed E-state index contributed by atoms with van der Waals surface area (Å²) in [5, 5.41) is 0. The first-order chi connectivity index (χ1) is 25.3. The molecule has 0 heterocycles. The fraction of sp³-hybridized carbons (Fsp3) is 0.848. The Kier molecular flexibility index (Phi) is 31.9. The molecule has 0 atom stereocenters. The average molecular weight is 748 g/mol. The molecule has 0 radical (unpaired) electrons. The molecule has 0 aliphatic heterocycles. The summed E-state index contributed by atoms with van der Waals surface area (Å²) in [7, 11) is 4.16. The van der Waals surface area contributed by atoms with Crippen molar-refractivity contribution >= 4 is 17.9 Å². The lowest BCUT2D eigenvalue weighted by atomic mass is 9.66. The van der Waals surface area contributed by atoms with E-state index in [-0.39, 0.29) is 34.8 Å². The third-order valence-corrected chi connectivity index (χ3v) is 10.7. The van der Waals surface area contributed by atoms with Gasteiger partial charge in [0, 0.05) is 19.4 Å². The summed E-state index contributed by atoms with van der Waals surface area (Å²) < 4.78 is 16.9. The van der Waals surface area contributed by atoms with Crippen LogP contribution in [0.15, 0.2) is 24.3 Å². The third-order valence-electron chi connectivity index (χ3n) is 10.7. The van der Waals surface area contributed by atoms with Crippen molar-refractivity contribution < 1.29 is 28.6 Å². The van der Waals surface area contributed by atoms with Crippen LogP contribution in [0.1, 0.15) is 202 Å². The molecule has 0 bridgehead atoms. The lowest BCUT2D eigenvalue weighted by Gasteiger charge is -2.43. The Morgan fingerprint density at radius 1 is 0.528 bits per heavy atom. The van der Waals surface area contributed by atoms with Crippen LogP contribution in [0, 0.1) is 10.8 Å². The minimum Gasteiger partial charge on any atom is -0.462 e. The van der Waals surface area contributed by atoms with Gasteiger partial charge in [-0.25, -0.2) is 0 Å². The molecular weight excluding hydrogens is 663 g/mol. The molecule has 0 N–H and O–H groups in total. The minimum absolute atomic E-state index is 0.0426. The zero-order valence-electron chi connectivity index (χ0n) is 36.1. The van der Waals surface area contributed by atoms with Crippen molar-refractivity contribution in [1.29, 1.82) is 0 Å². The highest BCUT2D eigenvalue weighted by Gasteiger charge is 2.39. The summed E-state index contributed by atoms with van der Waals surface area (Å²) in [4.78, 5) is 39.6. The van der Waals surface area contributed by atoms with Crippen molar-refractivity contribution in [1.82, 2.24) is 4.90 Å². The van der Waals surface area contributed by atoms with E-state index < -0.39 is 0 Å². The van der Waals surface area contributed by atoms with Gasteiger partial charge in [0.2, 0.25) is 0 Å². The van der Waals surface area contributed by atoms with Crippen LogP contribution in [0.2, 0.25) is 0 Å². The Balaban J connectivity index is 4.54. The maximum Gasteiger partial charge on any atom is 0.306 e. The highest BCUT2D eigenvalue weighted by Crippen LogP contribution is 2.42. The normalized spacial score (nSPS) is 12.4. The predicted molar refractivity (Wildman–Crippen MR) is 223 cm³/mol. The molecule has 53 heavy (non-hydrogen) atoms. The number of carbonyl (C=O) groups is 3. The Morgan fingerprint density at radius 2 is 0.943 bits per heavy atom. The molecule has 0 aliphatic carbocycles. The van der Waals surface area contributed by atoms with Gasteiger partial charge >= 0.3 is 17.9 Å². The minimum atomic E-state index is -0.198. The zero-order valence-corrected chi connectivity index (χ0v) is 36.1. The maximum atomic E-state index is 13.3. The second-order valence-electron chi connectivity index (χ2n) is 16.9. The van der Waals surface area contributed by atoms with E-state index in [4.69, 9.17) is 14.2 Å². The van der Waals surface area contributed by atoms with Gasteiger partial charge in [0.1, 0.15) is 19.3 Å². The molecule has 0 rings (SSSR count). The van der Waals surface area contributed by atoms with Crippen LogP contribution >= 0.6 is 0 Å². The number of nitrogens with zero attached hydrogens (tertiary/aromatic N) is 1. The molecule has 310 valence electrons. The van der Waals surface area contributed by atoms with Crippen molar-refractivity contribution in [2.75, 3.05) is 33.9 Å². The van der Waals surface area contributed by atoms with Crippen molar-refractivity contribution in [3.63, 3.8) is 0 Å². The van der Waals surface area contributed by atoms with Crippen molar-refractivity contribution in [3.05, 3.63) is 24.3 Å². The molecule has 0 spiro atoms. The standard InChI is InChI=1S/C46H85NO6/c1-9-11-13-15-17-25-31-37-51-42(48)35-29-23-19-21-27-33-41(53-44(50)39-45(3,4)46(5,6)40-47(7)8)34-28-22-20-24-30-36-43(49)52-38-32-26-18-16-14-12-10-2/h25-26,31-32,41H,9-24,27-30,33-40H2,1-8H3/b31-25-,32-26-. The first-order valence-corrected chi connectivity index (χ1v) is 21.8. The number of carbonyl (C=O) groups excluding carboxylic acids is 3. The van der Waals surface area contributed by atoms with Gasteiger partial charge in [0.05, 0.1) is 6.42 Å². The summed E-state index contributed by atoms with van der Waals surface area (Å²) in [5.74, 6) is -0.317. The van der Waals surface area contributed by atoms with Gasteiger partial charge in [-0.1, -0.05) is 143 Å². The van der Waals surface area contributed by atoms with Crippen LogP contribution in [0.3, 0.4) is 0 Å². The van der Waals surface area contributed by atoms with E-state index in [9.17, 15) is 14.4 Å². The zero-order chi connectivity index (χ0) is 39.6.